The Kier molecular flexibility index (Phi) is 5.32. The molecule has 1 aliphatic heterocycles. The Balaban J connectivity index is 1.74. The molecule has 0 spiro atoms. The molecular weight excluding hydrogens is 337 g/mol. The predicted octanol–water partition coefficient (Wildman–Crippen LogP) is 3.00. The first-order valence-electron chi connectivity index (χ1n) is 8.46. The largest absolute Gasteiger partial charge is 0.478 e. The molecule has 2 aromatic carbocycles. The van der Waals surface area contributed by atoms with Gasteiger partial charge in [0.1, 0.15) is 5.82 Å². The number of carbonyl (C=O) groups is 2. The maximum Gasteiger partial charge on any atom is 0.335 e. The van der Waals surface area contributed by atoms with E-state index in [0.717, 1.165) is 18.4 Å². The Morgan fingerprint density at radius 3 is 2.15 bits per heavy atom. The second kappa shape index (κ2) is 7.66. The predicted molar refractivity (Wildman–Crippen MR) is 93.9 cm³/mol. The lowest BCUT2D eigenvalue weighted by Crippen LogP contribution is -2.44. The smallest absolute Gasteiger partial charge is 0.335 e. The van der Waals surface area contributed by atoms with Crippen LogP contribution in [0, 0.1) is 5.82 Å². The average Bonchev–Trinajstić information content (AvgIpc) is 2.67. The molecule has 1 saturated heterocycles. The van der Waals surface area contributed by atoms with E-state index in [-0.39, 0.29) is 22.7 Å². The normalized spacial score (nSPS) is 16.0. The van der Waals surface area contributed by atoms with E-state index in [1.807, 2.05) is 0 Å². The van der Waals surface area contributed by atoms with E-state index in [1.54, 1.807) is 12.1 Å². The summed E-state index contributed by atoms with van der Waals surface area (Å²) in [6.45, 7) is 1.57. The quantitative estimate of drug-likeness (QED) is 0.863. The fourth-order valence-corrected chi connectivity index (χ4v) is 3.25. The van der Waals surface area contributed by atoms with E-state index in [1.165, 1.54) is 36.4 Å². The molecule has 2 N–H and O–H groups in total. The number of halogens is 1. The molecule has 1 heterocycles. The number of hydrogen-bond donors (Lipinski definition) is 2. The van der Waals surface area contributed by atoms with Gasteiger partial charge < -0.3 is 15.2 Å². The molecule has 5 nitrogen and oxygen atoms in total. The van der Waals surface area contributed by atoms with E-state index < -0.39 is 5.97 Å². The number of nitrogens with one attached hydrogen (secondary N) is 1. The summed E-state index contributed by atoms with van der Waals surface area (Å²) >= 11 is 0. The van der Waals surface area contributed by atoms with Crippen LogP contribution in [0.15, 0.2) is 48.5 Å². The third kappa shape index (κ3) is 3.91. The number of carboxylic acids is 1. The Morgan fingerprint density at radius 1 is 1.00 bits per heavy atom. The topological polar surface area (TPSA) is 75.6 Å². The highest BCUT2D eigenvalue weighted by molar-refractivity contribution is 5.95. The summed E-state index contributed by atoms with van der Waals surface area (Å²) in [4.78, 5) is 23.3. The molecule has 0 saturated carbocycles. The monoisotopic (exact) mass is 357 g/mol. The molecule has 0 bridgehead atoms. The molecule has 136 valence electrons. The number of ether oxygens (including phenoxy) is 1. The van der Waals surface area contributed by atoms with E-state index in [0.29, 0.717) is 25.3 Å². The van der Waals surface area contributed by atoms with Crippen LogP contribution in [0.5, 0.6) is 0 Å². The van der Waals surface area contributed by atoms with Crippen LogP contribution in [0.2, 0.25) is 0 Å². The zero-order valence-corrected chi connectivity index (χ0v) is 14.2. The van der Waals surface area contributed by atoms with Crippen molar-refractivity contribution in [2.24, 2.45) is 0 Å². The van der Waals surface area contributed by atoms with Crippen molar-refractivity contribution >= 4 is 11.9 Å². The standard InChI is InChI=1S/C20H20FNO4/c21-17-7-5-16(6-8-17)20(9-11-26-12-10-20)13-22-18(23)14-1-3-15(4-2-14)19(24)25/h1-8H,9-13H2,(H,22,23)(H,24,25). The minimum absolute atomic E-state index is 0.133. The van der Waals surface area contributed by atoms with Crippen LogP contribution in [-0.4, -0.2) is 36.7 Å². The molecular formula is C20H20FNO4. The van der Waals surface area contributed by atoms with E-state index >= 15 is 0 Å². The van der Waals surface area contributed by atoms with Crippen LogP contribution in [0.3, 0.4) is 0 Å². The van der Waals surface area contributed by atoms with Crippen molar-refractivity contribution in [2.45, 2.75) is 18.3 Å². The fourth-order valence-electron chi connectivity index (χ4n) is 3.25. The molecule has 0 radical (unpaired) electrons. The van der Waals surface area contributed by atoms with Gasteiger partial charge in [-0.05, 0) is 54.8 Å². The van der Waals surface area contributed by atoms with Gasteiger partial charge in [0.25, 0.3) is 5.91 Å². The molecule has 0 unspecified atom stereocenters. The molecule has 1 amide bonds. The van der Waals surface area contributed by atoms with Crippen LogP contribution in [0.25, 0.3) is 0 Å². The van der Waals surface area contributed by atoms with E-state index in [4.69, 9.17) is 9.84 Å². The van der Waals surface area contributed by atoms with Crippen LogP contribution in [-0.2, 0) is 10.2 Å². The zero-order valence-electron chi connectivity index (χ0n) is 14.2. The van der Waals surface area contributed by atoms with Gasteiger partial charge in [0.2, 0.25) is 0 Å². The first kappa shape index (κ1) is 18.1. The number of carbonyl (C=O) groups excluding carboxylic acids is 1. The number of carboxylic acid groups (broad SMARTS) is 1. The lowest BCUT2D eigenvalue weighted by molar-refractivity contribution is 0.0487. The maximum atomic E-state index is 13.3. The van der Waals surface area contributed by atoms with Crippen molar-refractivity contribution in [3.63, 3.8) is 0 Å². The SMILES string of the molecule is O=C(O)c1ccc(C(=O)NCC2(c3ccc(F)cc3)CCOCC2)cc1. The Hall–Kier alpha value is -2.73. The van der Waals surface area contributed by atoms with Crippen LogP contribution >= 0.6 is 0 Å². The number of amides is 1. The van der Waals surface area contributed by atoms with Gasteiger partial charge in [-0.3, -0.25) is 4.79 Å². The van der Waals surface area contributed by atoms with Crippen LogP contribution in [0.4, 0.5) is 4.39 Å². The summed E-state index contributed by atoms with van der Waals surface area (Å²) in [5.41, 5.74) is 1.21. The lowest BCUT2D eigenvalue weighted by atomic mass is 9.74. The number of rotatable bonds is 5. The van der Waals surface area contributed by atoms with Crippen molar-refractivity contribution in [3.05, 3.63) is 71.0 Å². The summed E-state index contributed by atoms with van der Waals surface area (Å²) < 4.78 is 18.7. The average molecular weight is 357 g/mol. The van der Waals surface area contributed by atoms with Gasteiger partial charge in [-0.25, -0.2) is 9.18 Å². The van der Waals surface area contributed by atoms with Gasteiger partial charge in [-0.15, -0.1) is 0 Å². The van der Waals surface area contributed by atoms with E-state index in [2.05, 4.69) is 5.32 Å². The molecule has 1 fully saturated rings. The second-order valence-electron chi connectivity index (χ2n) is 6.46. The van der Waals surface area contributed by atoms with Gasteiger partial charge in [-0.2, -0.15) is 0 Å². The molecule has 0 aliphatic carbocycles. The minimum Gasteiger partial charge on any atom is -0.478 e. The molecule has 6 heteroatoms. The molecule has 0 aromatic heterocycles. The van der Waals surface area contributed by atoms with Crippen molar-refractivity contribution in [1.29, 1.82) is 0 Å². The lowest BCUT2D eigenvalue weighted by Gasteiger charge is -2.38. The number of aromatic carboxylic acids is 1. The maximum absolute atomic E-state index is 13.3. The third-order valence-electron chi connectivity index (χ3n) is 4.89. The summed E-state index contributed by atoms with van der Waals surface area (Å²) in [5, 5.41) is 11.9. The molecule has 26 heavy (non-hydrogen) atoms. The van der Waals surface area contributed by atoms with Crippen molar-refractivity contribution in [2.75, 3.05) is 19.8 Å². The third-order valence-corrected chi connectivity index (χ3v) is 4.89. The second-order valence-corrected chi connectivity index (χ2v) is 6.46. The highest BCUT2D eigenvalue weighted by Crippen LogP contribution is 2.34. The van der Waals surface area contributed by atoms with Crippen molar-refractivity contribution < 1.29 is 23.8 Å². The van der Waals surface area contributed by atoms with Crippen LogP contribution in [0.1, 0.15) is 39.1 Å². The number of hydrogen-bond acceptors (Lipinski definition) is 3. The summed E-state index contributed by atoms with van der Waals surface area (Å²) in [7, 11) is 0. The fraction of sp³-hybridized carbons (Fsp3) is 0.300. The van der Waals surface area contributed by atoms with Gasteiger partial charge in [0.05, 0.1) is 5.56 Å². The summed E-state index contributed by atoms with van der Waals surface area (Å²) in [6.07, 6.45) is 1.47. The van der Waals surface area contributed by atoms with Gasteiger partial charge in [0.15, 0.2) is 0 Å². The number of benzene rings is 2. The first-order chi connectivity index (χ1) is 12.5. The molecule has 0 atom stereocenters. The highest BCUT2D eigenvalue weighted by Gasteiger charge is 2.35. The zero-order chi connectivity index (χ0) is 18.6. The minimum atomic E-state index is -1.03. The Bertz CT molecular complexity index is 780. The Morgan fingerprint density at radius 2 is 1.58 bits per heavy atom. The molecule has 3 rings (SSSR count). The van der Waals surface area contributed by atoms with Crippen molar-refractivity contribution in [3.8, 4) is 0 Å². The van der Waals surface area contributed by atoms with Gasteiger partial charge >= 0.3 is 5.97 Å². The van der Waals surface area contributed by atoms with Gasteiger partial charge in [-0.1, -0.05) is 12.1 Å². The highest BCUT2D eigenvalue weighted by atomic mass is 19.1. The Labute approximate surface area is 150 Å². The molecule has 2 aromatic rings. The van der Waals surface area contributed by atoms with E-state index in [9.17, 15) is 14.0 Å². The summed E-state index contributed by atoms with van der Waals surface area (Å²) in [5.74, 6) is -1.59. The van der Waals surface area contributed by atoms with Crippen LogP contribution < -0.4 is 5.32 Å². The molecule has 1 aliphatic rings. The first-order valence-corrected chi connectivity index (χ1v) is 8.46. The summed E-state index contributed by atoms with van der Waals surface area (Å²) in [6, 6.07) is 12.2. The van der Waals surface area contributed by atoms with Gasteiger partial charge in [0, 0.05) is 30.7 Å². The van der Waals surface area contributed by atoms with Crippen molar-refractivity contribution in [1.82, 2.24) is 5.32 Å².